The minimum absolute atomic E-state index is 0.0323. The van der Waals surface area contributed by atoms with Crippen molar-refractivity contribution in [1.82, 2.24) is 20.0 Å². The first kappa shape index (κ1) is 25.5. The van der Waals surface area contributed by atoms with E-state index in [2.05, 4.69) is 15.7 Å². The summed E-state index contributed by atoms with van der Waals surface area (Å²) in [6.45, 7) is -0.373. The van der Waals surface area contributed by atoms with Crippen LogP contribution in [0, 0.1) is 11.7 Å². The Balaban J connectivity index is 1.39. The maximum absolute atomic E-state index is 14.3. The number of primary amides is 1. The van der Waals surface area contributed by atoms with Gasteiger partial charge >= 0.3 is 6.09 Å². The zero-order valence-corrected chi connectivity index (χ0v) is 20.7. The predicted molar refractivity (Wildman–Crippen MR) is 135 cm³/mol. The standard InChI is InChI=1S/C25H24ClFN6O5/c26-17-3-1-2-13(20(17)27)10-29-24(36)22-12-4-6-15(8-12)33(22)19(34)11-32-18-9-14(30-25(37)38)5-7-16(18)21(31-32)23(28)35/h1-3,5,7,9,12,15,22,30H,4,6,8,10-11H2,(H2,28,35)(H,29,36)(H,37,38)/t12-,15+,22-/m0/s1. The average Bonchev–Trinajstić information content (AvgIpc) is 3.58. The van der Waals surface area contributed by atoms with Gasteiger partial charge in [0.25, 0.3) is 5.91 Å². The van der Waals surface area contributed by atoms with Crippen LogP contribution >= 0.6 is 11.6 Å². The summed E-state index contributed by atoms with van der Waals surface area (Å²) >= 11 is 5.84. The van der Waals surface area contributed by atoms with E-state index in [1.807, 2.05) is 0 Å². The molecule has 198 valence electrons. The normalized spacial score (nSPS) is 20.1. The fourth-order valence-corrected chi connectivity index (χ4v) is 5.74. The molecule has 1 aliphatic heterocycles. The van der Waals surface area contributed by atoms with E-state index < -0.39 is 23.9 Å². The molecule has 2 bridgehead atoms. The molecule has 1 aromatic heterocycles. The molecule has 0 unspecified atom stereocenters. The highest BCUT2D eigenvalue weighted by atomic mass is 35.5. The van der Waals surface area contributed by atoms with E-state index in [4.69, 9.17) is 22.4 Å². The largest absolute Gasteiger partial charge is 0.465 e. The molecule has 1 aliphatic carbocycles. The molecule has 5 N–H and O–H groups in total. The summed E-state index contributed by atoms with van der Waals surface area (Å²) in [5, 5.41) is 18.5. The minimum Gasteiger partial charge on any atom is -0.465 e. The number of hydrogen-bond donors (Lipinski definition) is 4. The van der Waals surface area contributed by atoms with Crippen molar-refractivity contribution in [1.29, 1.82) is 0 Å². The van der Waals surface area contributed by atoms with E-state index in [0.29, 0.717) is 17.3 Å². The van der Waals surface area contributed by atoms with Crippen molar-refractivity contribution in [3.63, 3.8) is 0 Å². The Morgan fingerprint density at radius 2 is 1.97 bits per heavy atom. The van der Waals surface area contributed by atoms with Crippen molar-refractivity contribution < 1.29 is 28.7 Å². The molecule has 1 saturated heterocycles. The van der Waals surface area contributed by atoms with Gasteiger partial charge in [0.1, 0.15) is 18.4 Å². The number of carbonyl (C=O) groups excluding carboxylic acids is 3. The third-order valence-electron chi connectivity index (χ3n) is 7.15. The first-order valence-corrected chi connectivity index (χ1v) is 12.3. The Kier molecular flexibility index (Phi) is 6.66. The van der Waals surface area contributed by atoms with Crippen LogP contribution in [0.4, 0.5) is 14.9 Å². The van der Waals surface area contributed by atoms with Crippen molar-refractivity contribution in [3.05, 3.63) is 58.5 Å². The van der Waals surface area contributed by atoms with Crippen LogP contribution in [0.25, 0.3) is 10.9 Å². The van der Waals surface area contributed by atoms with Crippen molar-refractivity contribution >= 4 is 52.0 Å². The summed E-state index contributed by atoms with van der Waals surface area (Å²) in [6, 6.07) is 8.08. The van der Waals surface area contributed by atoms with Crippen LogP contribution in [-0.4, -0.2) is 55.7 Å². The monoisotopic (exact) mass is 542 g/mol. The highest BCUT2D eigenvalue weighted by Gasteiger charge is 2.51. The number of likely N-dealkylation sites (tertiary alicyclic amines) is 1. The summed E-state index contributed by atoms with van der Waals surface area (Å²) in [6.07, 6.45) is 0.941. The Morgan fingerprint density at radius 1 is 1.18 bits per heavy atom. The van der Waals surface area contributed by atoms with E-state index in [1.165, 1.54) is 35.0 Å². The van der Waals surface area contributed by atoms with Gasteiger partial charge in [-0.05, 0) is 49.4 Å². The summed E-state index contributed by atoms with van der Waals surface area (Å²) in [4.78, 5) is 51.4. The Labute approximate surface area is 220 Å². The van der Waals surface area contributed by atoms with Crippen LogP contribution in [0.1, 0.15) is 35.3 Å². The molecule has 13 heteroatoms. The fraction of sp³-hybridized carbons (Fsp3) is 0.320. The number of anilines is 1. The molecule has 2 aromatic carbocycles. The lowest BCUT2D eigenvalue weighted by atomic mass is 9.97. The molecule has 3 aromatic rings. The average molecular weight is 543 g/mol. The van der Waals surface area contributed by atoms with Gasteiger partial charge < -0.3 is 21.1 Å². The summed E-state index contributed by atoms with van der Waals surface area (Å²) < 4.78 is 15.6. The lowest BCUT2D eigenvalue weighted by Crippen LogP contribution is -2.53. The lowest BCUT2D eigenvalue weighted by Gasteiger charge is -2.34. The second-order valence-electron chi connectivity index (χ2n) is 9.44. The first-order valence-electron chi connectivity index (χ1n) is 12.0. The summed E-state index contributed by atoms with van der Waals surface area (Å²) in [5.41, 5.74) is 6.20. The second kappa shape index (κ2) is 9.93. The molecular formula is C25H24ClFN6O5. The van der Waals surface area contributed by atoms with E-state index in [-0.39, 0.29) is 58.8 Å². The molecule has 2 heterocycles. The number of benzene rings is 2. The van der Waals surface area contributed by atoms with Gasteiger partial charge in [-0.1, -0.05) is 23.7 Å². The molecule has 38 heavy (non-hydrogen) atoms. The van der Waals surface area contributed by atoms with E-state index in [1.54, 1.807) is 11.0 Å². The molecule has 4 amide bonds. The number of rotatable bonds is 7. The zero-order valence-electron chi connectivity index (χ0n) is 20.0. The number of hydrogen-bond acceptors (Lipinski definition) is 5. The van der Waals surface area contributed by atoms with Crippen LogP contribution in [0.5, 0.6) is 0 Å². The van der Waals surface area contributed by atoms with Gasteiger partial charge in [-0.3, -0.25) is 24.4 Å². The number of nitrogens with two attached hydrogens (primary N) is 1. The number of halogens is 2. The van der Waals surface area contributed by atoms with Gasteiger partial charge in [0.2, 0.25) is 11.8 Å². The van der Waals surface area contributed by atoms with E-state index in [0.717, 1.165) is 12.8 Å². The number of piperidine rings is 1. The number of fused-ring (bicyclic) bond motifs is 3. The van der Waals surface area contributed by atoms with Crippen LogP contribution in [0.3, 0.4) is 0 Å². The molecule has 2 aliphatic rings. The lowest BCUT2D eigenvalue weighted by molar-refractivity contribution is -0.143. The number of carbonyl (C=O) groups is 4. The third-order valence-corrected chi connectivity index (χ3v) is 7.44. The van der Waals surface area contributed by atoms with Gasteiger partial charge in [0.05, 0.1) is 10.5 Å². The number of aromatic nitrogens is 2. The zero-order chi connectivity index (χ0) is 27.1. The quantitative estimate of drug-likeness (QED) is 0.359. The Hall–Kier alpha value is -4.19. The third kappa shape index (κ3) is 4.62. The van der Waals surface area contributed by atoms with Crippen LogP contribution in [0.15, 0.2) is 36.4 Å². The molecule has 1 saturated carbocycles. The topological polar surface area (TPSA) is 160 Å². The minimum atomic E-state index is -1.28. The molecular weight excluding hydrogens is 519 g/mol. The fourth-order valence-electron chi connectivity index (χ4n) is 5.54. The van der Waals surface area contributed by atoms with Gasteiger partial charge in [0, 0.05) is 29.2 Å². The number of carboxylic acid groups (broad SMARTS) is 1. The Morgan fingerprint density at radius 3 is 2.71 bits per heavy atom. The molecule has 5 rings (SSSR count). The van der Waals surface area contributed by atoms with Crippen molar-refractivity contribution in [2.45, 2.75) is 44.4 Å². The maximum Gasteiger partial charge on any atom is 0.409 e. The van der Waals surface area contributed by atoms with Crippen LogP contribution in [0.2, 0.25) is 5.02 Å². The highest BCUT2D eigenvalue weighted by molar-refractivity contribution is 6.30. The van der Waals surface area contributed by atoms with E-state index >= 15 is 0 Å². The van der Waals surface area contributed by atoms with Crippen LogP contribution < -0.4 is 16.4 Å². The van der Waals surface area contributed by atoms with Gasteiger partial charge in [0.15, 0.2) is 5.69 Å². The SMILES string of the molecule is NC(=O)c1nn(CC(=O)N2[C@@H]3CC[C@@H](C3)[C@H]2C(=O)NCc2cccc(Cl)c2F)c2cc(NC(=O)O)ccc12. The first-order chi connectivity index (χ1) is 18.1. The van der Waals surface area contributed by atoms with Crippen molar-refractivity contribution in [3.8, 4) is 0 Å². The van der Waals surface area contributed by atoms with E-state index in [9.17, 15) is 23.6 Å². The van der Waals surface area contributed by atoms with Crippen molar-refractivity contribution in [2.75, 3.05) is 5.32 Å². The molecule has 2 fully saturated rings. The number of nitrogens with one attached hydrogen (secondary N) is 2. The highest BCUT2D eigenvalue weighted by Crippen LogP contribution is 2.42. The van der Waals surface area contributed by atoms with Gasteiger partial charge in [-0.15, -0.1) is 0 Å². The summed E-state index contributed by atoms with van der Waals surface area (Å²) in [7, 11) is 0. The predicted octanol–water partition coefficient (Wildman–Crippen LogP) is 2.71. The number of amides is 4. The molecule has 0 spiro atoms. The van der Waals surface area contributed by atoms with Crippen molar-refractivity contribution in [2.24, 2.45) is 11.7 Å². The molecule has 3 atom stereocenters. The smallest absolute Gasteiger partial charge is 0.409 e. The molecule has 0 radical (unpaired) electrons. The second-order valence-corrected chi connectivity index (χ2v) is 9.84. The van der Waals surface area contributed by atoms with Gasteiger partial charge in [-0.25, -0.2) is 9.18 Å². The van der Waals surface area contributed by atoms with Crippen LogP contribution in [-0.2, 0) is 22.7 Å². The Bertz CT molecular complexity index is 1480. The summed E-state index contributed by atoms with van der Waals surface area (Å²) in [5.74, 6) is -2.21. The number of nitrogens with zero attached hydrogens (tertiary/aromatic N) is 3. The molecule has 11 nitrogen and oxygen atoms in total. The van der Waals surface area contributed by atoms with Gasteiger partial charge in [-0.2, -0.15) is 5.10 Å². The maximum atomic E-state index is 14.3.